The van der Waals surface area contributed by atoms with Crippen molar-refractivity contribution in [2.45, 2.75) is 0 Å². The Bertz CT molecular complexity index is 533. The molecule has 78 valence electrons. The first-order valence-electron chi connectivity index (χ1n) is 4.42. The minimum Gasteiger partial charge on any atom is -0.839 e. The molecular weight excluding hydrogens is 216 g/mol. The van der Waals surface area contributed by atoms with E-state index in [1.54, 1.807) is 29.8 Å². The van der Waals surface area contributed by atoms with E-state index in [1.165, 1.54) is 4.57 Å². The van der Waals surface area contributed by atoms with Crippen molar-refractivity contribution in [1.82, 2.24) is 4.40 Å². The fourth-order valence-corrected chi connectivity index (χ4v) is 1.71. The molecule has 0 atom stereocenters. The Morgan fingerprint density at radius 1 is 1.60 bits per heavy atom. The van der Waals surface area contributed by atoms with Crippen LogP contribution in [-0.2, 0) is 7.05 Å². The van der Waals surface area contributed by atoms with Gasteiger partial charge in [0.15, 0.2) is 0 Å². The van der Waals surface area contributed by atoms with Crippen LogP contribution >= 0.6 is 11.6 Å². The average molecular weight is 225 g/mol. The third kappa shape index (κ3) is 1.37. The highest BCUT2D eigenvalue weighted by Gasteiger charge is 2.21. The first-order chi connectivity index (χ1) is 7.16. The molecule has 0 saturated heterocycles. The Morgan fingerprint density at radius 3 is 3.00 bits per heavy atom. The molecule has 0 aromatic carbocycles. The number of alkyl halides is 1. The molecule has 0 N–H and O–H groups in total. The van der Waals surface area contributed by atoms with E-state index in [9.17, 15) is 9.90 Å². The number of halogens is 1. The first-order valence-corrected chi connectivity index (χ1v) is 4.95. The van der Waals surface area contributed by atoms with Crippen LogP contribution in [0.1, 0.15) is 10.5 Å². The number of nitrogens with zero attached hydrogens (tertiary/aromatic N) is 2. The Morgan fingerprint density at radius 2 is 2.33 bits per heavy atom. The molecule has 0 bridgehead atoms. The van der Waals surface area contributed by atoms with Crippen molar-refractivity contribution >= 4 is 23.0 Å². The second-order valence-electron chi connectivity index (χ2n) is 3.20. The van der Waals surface area contributed by atoms with Crippen molar-refractivity contribution in [3.05, 3.63) is 30.1 Å². The van der Waals surface area contributed by atoms with Crippen LogP contribution in [0.25, 0.3) is 5.65 Å². The highest BCUT2D eigenvalue weighted by atomic mass is 35.5. The number of carbonyl (C=O) groups excluding carboxylic acids is 1. The third-order valence-electron chi connectivity index (χ3n) is 2.32. The van der Waals surface area contributed by atoms with Crippen LogP contribution < -0.4 is 9.67 Å². The van der Waals surface area contributed by atoms with E-state index in [0.29, 0.717) is 5.65 Å². The van der Waals surface area contributed by atoms with Crippen LogP contribution in [-0.4, -0.2) is 16.1 Å². The van der Waals surface area contributed by atoms with Gasteiger partial charge in [0.1, 0.15) is 5.88 Å². The summed E-state index contributed by atoms with van der Waals surface area (Å²) < 4.78 is 2.99. The first kappa shape index (κ1) is 9.98. The maximum Gasteiger partial charge on any atom is 0.286 e. The number of aryl methyl sites for hydroxylation is 1. The molecule has 0 unspecified atom stereocenters. The van der Waals surface area contributed by atoms with Gasteiger partial charge in [-0.3, -0.25) is 4.79 Å². The SMILES string of the molecule is C[n+]1c([O-])c(C(=O)CCl)n2ccccc21. The summed E-state index contributed by atoms with van der Waals surface area (Å²) in [5, 5.41) is 11.8. The number of ketones is 1. The lowest BCUT2D eigenvalue weighted by Crippen LogP contribution is -2.31. The van der Waals surface area contributed by atoms with Gasteiger partial charge in [0.05, 0.1) is 19.1 Å². The topological polar surface area (TPSA) is 48.4 Å². The van der Waals surface area contributed by atoms with E-state index in [2.05, 4.69) is 0 Å². The average Bonchev–Trinajstić information content (AvgIpc) is 2.52. The molecule has 2 aromatic heterocycles. The van der Waals surface area contributed by atoms with Crippen molar-refractivity contribution in [1.29, 1.82) is 0 Å². The molecule has 0 saturated carbocycles. The lowest BCUT2D eigenvalue weighted by Gasteiger charge is -1.99. The molecule has 0 fully saturated rings. The molecule has 2 rings (SSSR count). The monoisotopic (exact) mass is 224 g/mol. The molecule has 15 heavy (non-hydrogen) atoms. The standard InChI is InChI=1S/C10H9ClN2O2/c1-12-8-4-2-3-5-13(8)9(10(12)15)7(14)6-11/h2-5H,6H2,1H3. The Hall–Kier alpha value is -1.55. The molecule has 0 aliphatic heterocycles. The smallest absolute Gasteiger partial charge is 0.286 e. The van der Waals surface area contributed by atoms with E-state index < -0.39 is 0 Å². The number of rotatable bonds is 2. The van der Waals surface area contributed by atoms with Crippen molar-refractivity contribution in [3.8, 4) is 5.88 Å². The Kier molecular flexibility index (Phi) is 2.36. The fraction of sp³-hybridized carbons (Fsp3) is 0.200. The normalized spacial score (nSPS) is 10.8. The van der Waals surface area contributed by atoms with Gasteiger partial charge < -0.3 is 5.11 Å². The van der Waals surface area contributed by atoms with Crippen molar-refractivity contribution in [3.63, 3.8) is 0 Å². The molecule has 0 aliphatic rings. The maximum atomic E-state index is 11.8. The molecule has 4 nitrogen and oxygen atoms in total. The van der Waals surface area contributed by atoms with Crippen LogP contribution in [0.5, 0.6) is 5.88 Å². The van der Waals surface area contributed by atoms with E-state index in [-0.39, 0.29) is 23.2 Å². The number of hydrogen-bond acceptors (Lipinski definition) is 2. The minimum atomic E-state index is -0.358. The molecule has 0 aliphatic carbocycles. The number of aromatic nitrogens is 2. The van der Waals surface area contributed by atoms with Gasteiger partial charge >= 0.3 is 0 Å². The predicted molar refractivity (Wildman–Crippen MR) is 53.1 cm³/mol. The molecule has 0 amide bonds. The molecule has 2 aromatic rings. The van der Waals surface area contributed by atoms with E-state index in [0.717, 1.165) is 0 Å². The summed E-state index contributed by atoms with van der Waals surface area (Å²) in [6, 6.07) is 5.34. The highest BCUT2D eigenvalue weighted by Crippen LogP contribution is 2.14. The lowest BCUT2D eigenvalue weighted by atomic mass is 10.3. The summed E-state index contributed by atoms with van der Waals surface area (Å²) in [4.78, 5) is 11.5. The van der Waals surface area contributed by atoms with Crippen LogP contribution in [0.4, 0.5) is 0 Å². The zero-order valence-electron chi connectivity index (χ0n) is 8.11. The largest absolute Gasteiger partial charge is 0.839 e. The molecule has 0 spiro atoms. The Labute approximate surface area is 91.3 Å². The third-order valence-corrected chi connectivity index (χ3v) is 2.56. The van der Waals surface area contributed by atoms with Gasteiger partial charge in [-0.1, -0.05) is 6.07 Å². The highest BCUT2D eigenvalue weighted by molar-refractivity contribution is 6.30. The summed E-state index contributed by atoms with van der Waals surface area (Å²) in [5.41, 5.74) is 0.791. The second kappa shape index (κ2) is 3.55. The summed E-state index contributed by atoms with van der Waals surface area (Å²) in [7, 11) is 1.63. The van der Waals surface area contributed by atoms with Gasteiger partial charge in [0, 0.05) is 6.07 Å². The zero-order valence-corrected chi connectivity index (χ0v) is 8.86. The maximum absolute atomic E-state index is 11.8. The van der Waals surface area contributed by atoms with E-state index >= 15 is 0 Å². The number of fused-ring (bicyclic) bond motifs is 1. The summed E-state index contributed by atoms with van der Waals surface area (Å²) in [6.45, 7) is 0. The van der Waals surface area contributed by atoms with Crippen LogP contribution in [0.3, 0.4) is 0 Å². The van der Waals surface area contributed by atoms with Gasteiger partial charge in [-0.25, -0.2) is 4.57 Å². The second-order valence-corrected chi connectivity index (χ2v) is 3.47. The van der Waals surface area contributed by atoms with Crippen LogP contribution in [0.15, 0.2) is 24.4 Å². The minimum absolute atomic E-state index is 0.114. The number of carbonyl (C=O) groups is 1. The van der Waals surface area contributed by atoms with E-state index in [4.69, 9.17) is 11.6 Å². The summed E-state index contributed by atoms with van der Waals surface area (Å²) in [5.74, 6) is -0.855. The fourth-order valence-electron chi connectivity index (χ4n) is 1.58. The van der Waals surface area contributed by atoms with E-state index in [1.807, 2.05) is 6.07 Å². The predicted octanol–water partition coefficient (Wildman–Crippen LogP) is 0.259. The van der Waals surface area contributed by atoms with Crippen molar-refractivity contribution in [2.75, 3.05) is 5.88 Å². The molecule has 0 radical (unpaired) electrons. The van der Waals surface area contributed by atoms with Crippen LogP contribution in [0.2, 0.25) is 0 Å². The van der Waals surface area contributed by atoms with Crippen LogP contribution in [0, 0.1) is 0 Å². The van der Waals surface area contributed by atoms with Crippen molar-refractivity contribution in [2.24, 2.45) is 7.05 Å². The summed E-state index contributed by atoms with van der Waals surface area (Å²) in [6.07, 6.45) is 1.68. The number of hydrogen-bond donors (Lipinski definition) is 0. The van der Waals surface area contributed by atoms with Gasteiger partial charge in [-0.05, 0) is 6.07 Å². The van der Waals surface area contributed by atoms with Crippen molar-refractivity contribution < 1.29 is 14.5 Å². The summed E-state index contributed by atoms with van der Waals surface area (Å²) >= 11 is 5.46. The van der Waals surface area contributed by atoms with Gasteiger partial charge in [0.25, 0.3) is 5.65 Å². The Balaban J connectivity index is 2.83. The zero-order chi connectivity index (χ0) is 11.0. The number of pyridine rings is 1. The molecule has 5 heteroatoms. The van der Waals surface area contributed by atoms with Gasteiger partial charge in [-0.15, -0.1) is 11.6 Å². The molecular formula is C10H9ClN2O2. The molecule has 2 heterocycles. The number of imidazole rings is 1. The number of Topliss-reactive ketones (excluding diaryl/α,β-unsaturated/α-hetero) is 1. The quantitative estimate of drug-likeness (QED) is 0.417. The van der Waals surface area contributed by atoms with Gasteiger partial charge in [-0.2, -0.15) is 4.40 Å². The lowest BCUT2D eigenvalue weighted by molar-refractivity contribution is -0.690. The van der Waals surface area contributed by atoms with Gasteiger partial charge in [0.2, 0.25) is 11.5 Å².